The average Bonchev–Trinajstić information content (AvgIpc) is 2.59. The molecule has 0 saturated carbocycles. The number of halogens is 1. The predicted octanol–water partition coefficient (Wildman–Crippen LogP) is 2.71. The number of carbonyl (C=O) groups is 2. The van der Waals surface area contributed by atoms with Gasteiger partial charge in [0.1, 0.15) is 5.82 Å². The van der Waals surface area contributed by atoms with Gasteiger partial charge >= 0.3 is 5.97 Å². The Bertz CT molecular complexity index is 745. The molecule has 0 aliphatic heterocycles. The van der Waals surface area contributed by atoms with Crippen LogP contribution in [0.5, 0.6) is 0 Å². The van der Waals surface area contributed by atoms with Crippen LogP contribution in [0.2, 0.25) is 0 Å². The molecule has 0 spiro atoms. The molecular formula is C19H21FN2O3. The summed E-state index contributed by atoms with van der Waals surface area (Å²) in [5.41, 5.74) is 2.01. The van der Waals surface area contributed by atoms with Crippen molar-refractivity contribution < 1.29 is 18.7 Å². The van der Waals surface area contributed by atoms with Crippen molar-refractivity contribution in [1.82, 2.24) is 4.90 Å². The Labute approximate surface area is 146 Å². The van der Waals surface area contributed by atoms with Crippen LogP contribution in [0.25, 0.3) is 0 Å². The first-order valence-corrected chi connectivity index (χ1v) is 7.79. The van der Waals surface area contributed by atoms with Gasteiger partial charge in [-0.1, -0.05) is 12.1 Å². The SMILES string of the molecule is CN(Cc1cccc(F)c1)C(=O)COC(=O)c1ccc(N(C)C)cc1. The summed E-state index contributed by atoms with van der Waals surface area (Å²) in [6, 6.07) is 12.9. The molecule has 0 unspecified atom stereocenters. The number of ether oxygens (including phenoxy) is 1. The third-order valence-electron chi connectivity index (χ3n) is 3.68. The Hall–Kier alpha value is -2.89. The summed E-state index contributed by atoms with van der Waals surface area (Å²) in [4.78, 5) is 27.4. The van der Waals surface area contributed by atoms with E-state index in [2.05, 4.69) is 0 Å². The second-order valence-electron chi connectivity index (χ2n) is 5.90. The number of amides is 1. The Balaban J connectivity index is 1.86. The van der Waals surface area contributed by atoms with Crippen LogP contribution in [0, 0.1) is 5.82 Å². The fourth-order valence-corrected chi connectivity index (χ4v) is 2.21. The van der Waals surface area contributed by atoms with E-state index in [0.717, 1.165) is 5.69 Å². The van der Waals surface area contributed by atoms with Gasteiger partial charge in [-0.3, -0.25) is 4.79 Å². The van der Waals surface area contributed by atoms with Gasteiger partial charge in [-0.25, -0.2) is 9.18 Å². The number of benzene rings is 2. The number of rotatable bonds is 6. The van der Waals surface area contributed by atoms with E-state index in [4.69, 9.17) is 4.74 Å². The fraction of sp³-hybridized carbons (Fsp3) is 0.263. The predicted molar refractivity (Wildman–Crippen MR) is 93.9 cm³/mol. The van der Waals surface area contributed by atoms with Crippen LogP contribution in [-0.4, -0.2) is 44.5 Å². The van der Waals surface area contributed by atoms with E-state index in [1.807, 2.05) is 19.0 Å². The minimum Gasteiger partial charge on any atom is -0.452 e. The summed E-state index contributed by atoms with van der Waals surface area (Å²) in [6.45, 7) is -0.119. The molecule has 0 heterocycles. The molecule has 2 aromatic rings. The zero-order valence-electron chi connectivity index (χ0n) is 14.5. The quantitative estimate of drug-likeness (QED) is 0.756. The molecule has 0 fully saturated rings. The van der Waals surface area contributed by atoms with Gasteiger partial charge in [0.2, 0.25) is 0 Å². The first-order chi connectivity index (χ1) is 11.9. The molecule has 0 atom stereocenters. The maximum Gasteiger partial charge on any atom is 0.338 e. The Kier molecular flexibility index (Phi) is 6.11. The number of carbonyl (C=O) groups excluding carboxylic acids is 2. The van der Waals surface area contributed by atoms with Crippen LogP contribution in [0.1, 0.15) is 15.9 Å². The smallest absolute Gasteiger partial charge is 0.338 e. The molecule has 132 valence electrons. The third kappa shape index (κ3) is 5.31. The van der Waals surface area contributed by atoms with Crippen LogP contribution in [0.15, 0.2) is 48.5 Å². The molecule has 2 aromatic carbocycles. The van der Waals surface area contributed by atoms with Gasteiger partial charge in [0.15, 0.2) is 6.61 Å². The van der Waals surface area contributed by atoms with Crippen molar-refractivity contribution in [2.75, 3.05) is 32.6 Å². The molecule has 0 aliphatic rings. The molecule has 0 aromatic heterocycles. The van der Waals surface area contributed by atoms with Crippen LogP contribution in [0.4, 0.5) is 10.1 Å². The number of esters is 1. The largest absolute Gasteiger partial charge is 0.452 e. The summed E-state index contributed by atoms with van der Waals surface area (Å²) in [5.74, 6) is -1.27. The van der Waals surface area contributed by atoms with Crippen molar-refractivity contribution in [3.63, 3.8) is 0 Å². The highest BCUT2D eigenvalue weighted by atomic mass is 19.1. The Morgan fingerprint density at radius 2 is 1.72 bits per heavy atom. The highest BCUT2D eigenvalue weighted by molar-refractivity contribution is 5.91. The van der Waals surface area contributed by atoms with Gasteiger partial charge in [0.25, 0.3) is 5.91 Å². The zero-order valence-corrected chi connectivity index (χ0v) is 14.5. The molecule has 0 saturated heterocycles. The monoisotopic (exact) mass is 344 g/mol. The highest BCUT2D eigenvalue weighted by Gasteiger charge is 2.14. The summed E-state index contributed by atoms with van der Waals surface area (Å²) < 4.78 is 18.2. The van der Waals surface area contributed by atoms with Crippen molar-refractivity contribution in [3.8, 4) is 0 Å². The lowest BCUT2D eigenvalue weighted by Gasteiger charge is -2.17. The lowest BCUT2D eigenvalue weighted by atomic mass is 10.2. The van der Waals surface area contributed by atoms with Gasteiger partial charge in [0.05, 0.1) is 5.56 Å². The van der Waals surface area contributed by atoms with Gasteiger partial charge in [-0.05, 0) is 42.0 Å². The normalized spacial score (nSPS) is 10.2. The molecular weight excluding hydrogens is 323 g/mol. The lowest BCUT2D eigenvalue weighted by molar-refractivity contribution is -0.133. The average molecular weight is 344 g/mol. The van der Waals surface area contributed by atoms with Crippen LogP contribution < -0.4 is 4.90 Å². The van der Waals surface area contributed by atoms with Gasteiger partial charge in [0, 0.05) is 33.4 Å². The standard InChI is InChI=1S/C19H21FN2O3/c1-21(2)17-9-7-15(8-10-17)19(24)25-13-18(23)22(3)12-14-5-4-6-16(20)11-14/h4-11H,12-13H2,1-3H3. The molecule has 0 aliphatic carbocycles. The van der Waals surface area contributed by atoms with Crippen molar-refractivity contribution in [2.45, 2.75) is 6.54 Å². The Morgan fingerprint density at radius 1 is 1.04 bits per heavy atom. The zero-order chi connectivity index (χ0) is 18.4. The van der Waals surface area contributed by atoms with Crippen LogP contribution >= 0.6 is 0 Å². The topological polar surface area (TPSA) is 49.9 Å². The maximum absolute atomic E-state index is 13.2. The molecule has 6 heteroatoms. The third-order valence-corrected chi connectivity index (χ3v) is 3.68. The molecule has 0 N–H and O–H groups in total. The number of hydrogen-bond acceptors (Lipinski definition) is 4. The molecule has 5 nitrogen and oxygen atoms in total. The van der Waals surface area contributed by atoms with E-state index in [9.17, 15) is 14.0 Å². The molecule has 25 heavy (non-hydrogen) atoms. The van der Waals surface area contributed by atoms with E-state index >= 15 is 0 Å². The second kappa shape index (κ2) is 8.28. The van der Waals surface area contributed by atoms with E-state index in [1.54, 1.807) is 43.4 Å². The first kappa shape index (κ1) is 18.4. The van der Waals surface area contributed by atoms with Crippen molar-refractivity contribution in [1.29, 1.82) is 0 Å². The fourth-order valence-electron chi connectivity index (χ4n) is 2.21. The van der Waals surface area contributed by atoms with Crippen molar-refractivity contribution in [3.05, 3.63) is 65.5 Å². The van der Waals surface area contributed by atoms with Crippen molar-refractivity contribution in [2.24, 2.45) is 0 Å². The van der Waals surface area contributed by atoms with Gasteiger partial charge in [-0.15, -0.1) is 0 Å². The van der Waals surface area contributed by atoms with E-state index in [0.29, 0.717) is 11.1 Å². The summed E-state index contributed by atoms with van der Waals surface area (Å²) >= 11 is 0. The van der Waals surface area contributed by atoms with Crippen LogP contribution in [0.3, 0.4) is 0 Å². The van der Waals surface area contributed by atoms with Crippen LogP contribution in [-0.2, 0) is 16.1 Å². The van der Waals surface area contributed by atoms with E-state index in [-0.39, 0.29) is 24.9 Å². The number of anilines is 1. The summed E-state index contributed by atoms with van der Waals surface area (Å²) in [7, 11) is 5.38. The van der Waals surface area contributed by atoms with Gasteiger partial charge < -0.3 is 14.5 Å². The molecule has 1 amide bonds. The minimum absolute atomic E-state index is 0.242. The van der Waals surface area contributed by atoms with E-state index < -0.39 is 5.97 Å². The molecule has 0 radical (unpaired) electrons. The summed E-state index contributed by atoms with van der Waals surface area (Å²) in [5, 5.41) is 0. The van der Waals surface area contributed by atoms with E-state index in [1.165, 1.54) is 17.0 Å². The number of nitrogens with zero attached hydrogens (tertiary/aromatic N) is 2. The lowest BCUT2D eigenvalue weighted by Crippen LogP contribution is -2.30. The number of likely N-dealkylation sites (N-methyl/N-ethyl adjacent to an activating group) is 1. The highest BCUT2D eigenvalue weighted by Crippen LogP contribution is 2.13. The second-order valence-corrected chi connectivity index (χ2v) is 5.90. The van der Waals surface area contributed by atoms with Gasteiger partial charge in [-0.2, -0.15) is 0 Å². The Morgan fingerprint density at radius 3 is 2.32 bits per heavy atom. The van der Waals surface area contributed by atoms with Crippen molar-refractivity contribution >= 4 is 17.6 Å². The molecule has 2 rings (SSSR count). The minimum atomic E-state index is -0.558. The first-order valence-electron chi connectivity index (χ1n) is 7.79. The molecule has 0 bridgehead atoms. The summed E-state index contributed by atoms with van der Waals surface area (Å²) in [6.07, 6.45) is 0. The maximum atomic E-state index is 13.2. The number of hydrogen-bond donors (Lipinski definition) is 0.